The van der Waals surface area contributed by atoms with Gasteiger partial charge >= 0.3 is 0 Å². The molecule has 20 heavy (non-hydrogen) atoms. The molecule has 1 atom stereocenters. The van der Waals surface area contributed by atoms with Crippen molar-refractivity contribution < 1.29 is 17.6 Å². The van der Waals surface area contributed by atoms with Crippen molar-refractivity contribution in [1.82, 2.24) is 9.62 Å². The van der Waals surface area contributed by atoms with E-state index in [1.807, 2.05) is 0 Å². The highest BCUT2D eigenvalue weighted by Gasteiger charge is 2.28. The van der Waals surface area contributed by atoms with E-state index in [9.17, 15) is 17.6 Å². The van der Waals surface area contributed by atoms with Crippen molar-refractivity contribution in [2.75, 3.05) is 13.1 Å². The maximum absolute atomic E-state index is 13.5. The van der Waals surface area contributed by atoms with Gasteiger partial charge in [-0.25, -0.2) is 12.8 Å². The third-order valence-electron chi connectivity index (χ3n) is 3.25. The van der Waals surface area contributed by atoms with Gasteiger partial charge in [0.2, 0.25) is 15.9 Å². The lowest BCUT2D eigenvalue weighted by Crippen LogP contribution is -2.46. The number of amides is 1. The van der Waals surface area contributed by atoms with Crippen LogP contribution in [0.1, 0.15) is 19.8 Å². The lowest BCUT2D eigenvalue weighted by Gasteiger charge is -2.21. The van der Waals surface area contributed by atoms with Gasteiger partial charge in [0.15, 0.2) is 0 Å². The van der Waals surface area contributed by atoms with Crippen molar-refractivity contribution in [1.29, 1.82) is 0 Å². The van der Waals surface area contributed by atoms with Gasteiger partial charge in [-0.15, -0.1) is 0 Å². The molecular formula is C13H17FN2O3S. The molecule has 1 amide bonds. The maximum atomic E-state index is 13.5. The molecule has 1 unspecified atom stereocenters. The Kier molecular flexibility index (Phi) is 4.39. The van der Waals surface area contributed by atoms with Crippen molar-refractivity contribution in [3.8, 4) is 0 Å². The minimum Gasteiger partial charge on any atom is -0.341 e. The summed E-state index contributed by atoms with van der Waals surface area (Å²) in [5.41, 5.74) is 0. The van der Waals surface area contributed by atoms with Gasteiger partial charge in [0.1, 0.15) is 10.7 Å². The summed E-state index contributed by atoms with van der Waals surface area (Å²) in [5, 5.41) is 0. The normalized spacial score (nSPS) is 17.2. The van der Waals surface area contributed by atoms with E-state index in [1.54, 1.807) is 4.90 Å². The second-order valence-electron chi connectivity index (χ2n) is 4.81. The molecule has 1 saturated heterocycles. The second-order valence-corrected chi connectivity index (χ2v) is 6.49. The molecule has 1 heterocycles. The molecule has 0 saturated carbocycles. The predicted octanol–water partition coefficient (Wildman–Crippen LogP) is 1.11. The molecule has 0 aromatic heterocycles. The first kappa shape index (κ1) is 14.9. The summed E-state index contributed by atoms with van der Waals surface area (Å²) in [5.74, 6) is -1.11. The third kappa shape index (κ3) is 3.16. The van der Waals surface area contributed by atoms with Gasteiger partial charge in [0.05, 0.1) is 6.04 Å². The van der Waals surface area contributed by atoms with Crippen molar-refractivity contribution in [2.45, 2.75) is 30.7 Å². The fourth-order valence-electron chi connectivity index (χ4n) is 2.22. The van der Waals surface area contributed by atoms with Crippen LogP contribution < -0.4 is 4.72 Å². The van der Waals surface area contributed by atoms with E-state index < -0.39 is 26.8 Å². The van der Waals surface area contributed by atoms with Gasteiger partial charge in [-0.2, -0.15) is 4.72 Å². The first-order valence-electron chi connectivity index (χ1n) is 6.47. The van der Waals surface area contributed by atoms with E-state index >= 15 is 0 Å². The van der Waals surface area contributed by atoms with E-state index in [2.05, 4.69) is 4.72 Å². The highest BCUT2D eigenvalue weighted by atomic mass is 32.2. The molecule has 5 nitrogen and oxygen atoms in total. The molecule has 7 heteroatoms. The number of nitrogens with zero attached hydrogens (tertiary/aromatic N) is 1. The number of sulfonamides is 1. The molecule has 1 aliphatic rings. The average Bonchev–Trinajstić information content (AvgIpc) is 2.91. The first-order valence-corrected chi connectivity index (χ1v) is 7.96. The summed E-state index contributed by atoms with van der Waals surface area (Å²) in [4.78, 5) is 13.2. The largest absolute Gasteiger partial charge is 0.341 e. The van der Waals surface area contributed by atoms with Crippen LogP contribution in [0, 0.1) is 5.82 Å². The Labute approximate surface area is 117 Å². The van der Waals surface area contributed by atoms with Crippen LogP contribution in [0.4, 0.5) is 4.39 Å². The summed E-state index contributed by atoms with van der Waals surface area (Å²) in [7, 11) is -4.04. The van der Waals surface area contributed by atoms with Crippen molar-refractivity contribution in [3.05, 3.63) is 30.1 Å². The van der Waals surface area contributed by atoms with Crippen LogP contribution >= 0.6 is 0 Å². The molecule has 2 rings (SSSR count). The molecule has 0 aliphatic carbocycles. The minimum atomic E-state index is -4.04. The third-order valence-corrected chi connectivity index (χ3v) is 4.82. The van der Waals surface area contributed by atoms with Crippen molar-refractivity contribution in [3.63, 3.8) is 0 Å². The van der Waals surface area contributed by atoms with E-state index in [0.717, 1.165) is 18.9 Å². The van der Waals surface area contributed by atoms with Crippen LogP contribution in [0.15, 0.2) is 29.2 Å². The first-order chi connectivity index (χ1) is 9.42. The molecule has 1 aromatic rings. The zero-order chi connectivity index (χ0) is 14.8. The number of carbonyl (C=O) groups is 1. The van der Waals surface area contributed by atoms with E-state index in [0.29, 0.717) is 13.1 Å². The molecule has 110 valence electrons. The monoisotopic (exact) mass is 300 g/mol. The van der Waals surface area contributed by atoms with E-state index in [1.165, 1.54) is 25.1 Å². The number of halogens is 1. The second kappa shape index (κ2) is 5.88. The van der Waals surface area contributed by atoms with Gasteiger partial charge in [0, 0.05) is 13.1 Å². The molecule has 1 fully saturated rings. The zero-order valence-corrected chi connectivity index (χ0v) is 12.0. The molecule has 1 aliphatic heterocycles. The van der Waals surface area contributed by atoms with Gasteiger partial charge in [0.25, 0.3) is 0 Å². The molecule has 0 spiro atoms. The number of likely N-dealkylation sites (tertiary alicyclic amines) is 1. The molecule has 1 aromatic carbocycles. The number of hydrogen-bond acceptors (Lipinski definition) is 3. The van der Waals surface area contributed by atoms with Gasteiger partial charge in [-0.3, -0.25) is 4.79 Å². The summed E-state index contributed by atoms with van der Waals surface area (Å²) in [6, 6.07) is 4.18. The SMILES string of the molecule is CC(NS(=O)(=O)c1ccccc1F)C(=O)N1CCCC1. The Hall–Kier alpha value is -1.47. The van der Waals surface area contributed by atoms with Crippen LogP contribution in [0.2, 0.25) is 0 Å². The van der Waals surface area contributed by atoms with Crippen LogP contribution in [0.3, 0.4) is 0 Å². The molecule has 0 radical (unpaired) electrons. The van der Waals surface area contributed by atoms with Crippen molar-refractivity contribution in [2.24, 2.45) is 0 Å². The number of benzene rings is 1. The highest BCUT2D eigenvalue weighted by molar-refractivity contribution is 7.89. The lowest BCUT2D eigenvalue weighted by molar-refractivity contribution is -0.131. The Bertz CT molecular complexity index is 597. The quantitative estimate of drug-likeness (QED) is 0.906. The molecular weight excluding hydrogens is 283 g/mol. The molecule has 1 N–H and O–H groups in total. The number of carbonyl (C=O) groups excluding carboxylic acids is 1. The summed E-state index contributed by atoms with van der Waals surface area (Å²) >= 11 is 0. The van der Waals surface area contributed by atoms with Gasteiger partial charge in [-0.05, 0) is 31.9 Å². The summed E-state index contributed by atoms with van der Waals surface area (Å²) in [6.45, 7) is 2.76. The maximum Gasteiger partial charge on any atom is 0.244 e. The zero-order valence-electron chi connectivity index (χ0n) is 11.2. The minimum absolute atomic E-state index is 0.276. The Morgan fingerprint density at radius 2 is 1.90 bits per heavy atom. The Morgan fingerprint density at radius 3 is 2.50 bits per heavy atom. The van der Waals surface area contributed by atoms with Crippen LogP contribution in [-0.4, -0.2) is 38.4 Å². The van der Waals surface area contributed by atoms with Crippen LogP contribution in [0.25, 0.3) is 0 Å². The van der Waals surface area contributed by atoms with Crippen molar-refractivity contribution >= 4 is 15.9 Å². The van der Waals surface area contributed by atoms with Gasteiger partial charge < -0.3 is 4.90 Å². The van der Waals surface area contributed by atoms with E-state index in [4.69, 9.17) is 0 Å². The highest BCUT2D eigenvalue weighted by Crippen LogP contribution is 2.15. The smallest absolute Gasteiger partial charge is 0.244 e. The standard InChI is InChI=1S/C13H17FN2O3S/c1-10(13(17)16-8-4-5-9-16)15-20(18,19)12-7-3-2-6-11(12)14/h2-3,6-7,10,15H,4-5,8-9H2,1H3. The predicted molar refractivity (Wildman–Crippen MR) is 72.0 cm³/mol. The topological polar surface area (TPSA) is 66.5 Å². The summed E-state index contributed by atoms with van der Waals surface area (Å²) < 4.78 is 39.9. The number of hydrogen-bond donors (Lipinski definition) is 1. The fourth-order valence-corrected chi connectivity index (χ4v) is 3.50. The molecule has 0 bridgehead atoms. The van der Waals surface area contributed by atoms with Crippen LogP contribution in [-0.2, 0) is 14.8 Å². The summed E-state index contributed by atoms with van der Waals surface area (Å²) in [6.07, 6.45) is 1.86. The Morgan fingerprint density at radius 1 is 1.30 bits per heavy atom. The number of rotatable bonds is 4. The van der Waals surface area contributed by atoms with E-state index in [-0.39, 0.29) is 5.91 Å². The van der Waals surface area contributed by atoms with Gasteiger partial charge in [-0.1, -0.05) is 12.1 Å². The number of nitrogens with one attached hydrogen (secondary N) is 1. The fraction of sp³-hybridized carbons (Fsp3) is 0.462. The average molecular weight is 300 g/mol. The lowest BCUT2D eigenvalue weighted by atomic mass is 10.3. The Balaban J connectivity index is 2.12. The van der Waals surface area contributed by atoms with Crippen LogP contribution in [0.5, 0.6) is 0 Å².